The average molecular weight is 452 g/mol. The third kappa shape index (κ3) is 5.64. The Morgan fingerprint density at radius 2 is 1.81 bits per heavy atom. The molecule has 0 saturated heterocycles. The summed E-state index contributed by atoms with van der Waals surface area (Å²) in [7, 11) is 3.99. The quantitative estimate of drug-likeness (QED) is 0.417. The van der Waals surface area contributed by atoms with Gasteiger partial charge in [-0.3, -0.25) is 4.79 Å². The number of nitrogens with zero attached hydrogens (tertiary/aromatic N) is 5. The van der Waals surface area contributed by atoms with Crippen molar-refractivity contribution in [2.24, 2.45) is 0 Å². The van der Waals surface area contributed by atoms with Crippen LogP contribution in [0, 0.1) is 6.92 Å². The minimum atomic E-state index is 0.0324. The monoisotopic (exact) mass is 451 g/mol. The lowest BCUT2D eigenvalue weighted by Gasteiger charge is -2.30. The SMILES string of the molecule is Cc1ccnc(SCC(=O)N[C@H]2CC[C@@H](Nc3nc(N(C)C)c4ccccc4n3)CC2)n1. The fourth-order valence-corrected chi connectivity index (χ4v) is 4.61. The first-order chi connectivity index (χ1) is 15.5. The highest BCUT2D eigenvalue weighted by Crippen LogP contribution is 2.26. The molecule has 2 aromatic heterocycles. The van der Waals surface area contributed by atoms with E-state index in [0.29, 0.717) is 22.9 Å². The van der Waals surface area contributed by atoms with Crippen molar-refractivity contribution >= 4 is 40.3 Å². The summed E-state index contributed by atoms with van der Waals surface area (Å²) in [6.45, 7) is 1.92. The molecular formula is C23H29N7OS. The molecule has 1 fully saturated rings. The second kappa shape index (κ2) is 10.1. The van der Waals surface area contributed by atoms with Crippen molar-refractivity contribution in [3.63, 3.8) is 0 Å². The summed E-state index contributed by atoms with van der Waals surface area (Å²) >= 11 is 1.37. The molecule has 0 unspecified atom stereocenters. The molecule has 0 atom stereocenters. The third-order valence-corrected chi connectivity index (χ3v) is 6.40. The molecule has 0 bridgehead atoms. The number of carbonyl (C=O) groups is 1. The highest BCUT2D eigenvalue weighted by molar-refractivity contribution is 7.99. The second-order valence-electron chi connectivity index (χ2n) is 8.31. The lowest BCUT2D eigenvalue weighted by molar-refractivity contribution is -0.119. The van der Waals surface area contributed by atoms with Crippen LogP contribution in [-0.2, 0) is 4.79 Å². The maximum absolute atomic E-state index is 12.3. The lowest BCUT2D eigenvalue weighted by atomic mass is 9.91. The molecule has 0 aliphatic heterocycles. The molecular weight excluding hydrogens is 422 g/mol. The van der Waals surface area contributed by atoms with Gasteiger partial charge < -0.3 is 15.5 Å². The number of fused-ring (bicyclic) bond motifs is 1. The van der Waals surface area contributed by atoms with E-state index in [-0.39, 0.29) is 11.9 Å². The van der Waals surface area contributed by atoms with Crippen LogP contribution in [0.15, 0.2) is 41.7 Å². The van der Waals surface area contributed by atoms with Gasteiger partial charge in [0.15, 0.2) is 5.16 Å². The number of benzene rings is 1. The molecule has 32 heavy (non-hydrogen) atoms. The smallest absolute Gasteiger partial charge is 0.230 e. The molecule has 168 valence electrons. The number of carbonyl (C=O) groups excluding carboxylic acids is 1. The topological polar surface area (TPSA) is 95.9 Å². The molecule has 0 spiro atoms. The zero-order valence-electron chi connectivity index (χ0n) is 18.7. The molecule has 4 rings (SSSR count). The number of hydrogen-bond acceptors (Lipinski definition) is 8. The molecule has 3 aromatic rings. The minimum Gasteiger partial charge on any atom is -0.362 e. The lowest BCUT2D eigenvalue weighted by Crippen LogP contribution is -2.41. The standard InChI is InChI=1S/C23H29N7OS/c1-15-12-13-24-23(25-15)32-14-20(31)26-16-8-10-17(11-9-16)27-22-28-19-7-5-4-6-18(19)21(29-22)30(2)3/h4-7,12-13,16-17H,8-11,14H2,1-3H3,(H,26,31)(H,27,28,29)/t16-,17+. The molecule has 8 nitrogen and oxygen atoms in total. The third-order valence-electron chi connectivity index (χ3n) is 5.54. The summed E-state index contributed by atoms with van der Waals surface area (Å²) in [5.74, 6) is 1.94. The van der Waals surface area contributed by atoms with Gasteiger partial charge in [-0.05, 0) is 50.8 Å². The van der Waals surface area contributed by atoms with Crippen LogP contribution in [0.3, 0.4) is 0 Å². The number of amides is 1. The number of thioether (sulfide) groups is 1. The summed E-state index contributed by atoms with van der Waals surface area (Å²) in [6, 6.07) is 10.4. The number of aryl methyl sites for hydroxylation is 1. The van der Waals surface area contributed by atoms with E-state index in [1.165, 1.54) is 11.8 Å². The summed E-state index contributed by atoms with van der Waals surface area (Å²) in [5.41, 5.74) is 1.84. The molecule has 9 heteroatoms. The van der Waals surface area contributed by atoms with Crippen LogP contribution in [0.5, 0.6) is 0 Å². The van der Waals surface area contributed by atoms with E-state index in [4.69, 9.17) is 9.97 Å². The highest BCUT2D eigenvalue weighted by atomic mass is 32.2. The number of para-hydroxylation sites is 1. The normalized spacial score (nSPS) is 18.3. The van der Waals surface area contributed by atoms with E-state index >= 15 is 0 Å². The van der Waals surface area contributed by atoms with Crippen LogP contribution in [-0.4, -0.2) is 57.8 Å². The van der Waals surface area contributed by atoms with Gasteiger partial charge in [0.1, 0.15) is 5.82 Å². The van der Waals surface area contributed by atoms with E-state index in [2.05, 4.69) is 20.6 Å². The van der Waals surface area contributed by atoms with Gasteiger partial charge in [0.2, 0.25) is 11.9 Å². The van der Waals surface area contributed by atoms with Crippen LogP contribution < -0.4 is 15.5 Å². The fourth-order valence-electron chi connectivity index (χ4n) is 3.92. The van der Waals surface area contributed by atoms with Crippen molar-refractivity contribution in [1.82, 2.24) is 25.3 Å². The van der Waals surface area contributed by atoms with E-state index in [0.717, 1.165) is 48.1 Å². The summed E-state index contributed by atoms with van der Waals surface area (Å²) in [5, 5.41) is 8.35. The van der Waals surface area contributed by atoms with Crippen molar-refractivity contribution in [2.75, 3.05) is 30.1 Å². The van der Waals surface area contributed by atoms with Crippen molar-refractivity contribution in [3.8, 4) is 0 Å². The Kier molecular flexibility index (Phi) is 7.04. The zero-order valence-corrected chi connectivity index (χ0v) is 19.5. The van der Waals surface area contributed by atoms with E-state index in [1.807, 2.05) is 56.3 Å². The Morgan fingerprint density at radius 3 is 2.56 bits per heavy atom. The number of aromatic nitrogens is 4. The van der Waals surface area contributed by atoms with Gasteiger partial charge in [-0.2, -0.15) is 4.98 Å². The van der Waals surface area contributed by atoms with E-state index < -0.39 is 0 Å². The first kappa shape index (κ1) is 22.3. The number of anilines is 2. The Hall–Kier alpha value is -2.94. The van der Waals surface area contributed by atoms with Crippen molar-refractivity contribution in [1.29, 1.82) is 0 Å². The van der Waals surface area contributed by atoms with Gasteiger partial charge in [0.25, 0.3) is 0 Å². The Balaban J connectivity index is 1.28. The molecule has 1 aliphatic rings. The first-order valence-corrected chi connectivity index (χ1v) is 11.9. The molecule has 0 radical (unpaired) electrons. The largest absolute Gasteiger partial charge is 0.362 e. The summed E-state index contributed by atoms with van der Waals surface area (Å²) in [6.07, 6.45) is 5.52. The number of rotatable bonds is 7. The number of hydrogen-bond donors (Lipinski definition) is 2. The molecule has 1 amide bonds. The van der Waals surface area contributed by atoms with E-state index in [1.54, 1.807) is 6.20 Å². The van der Waals surface area contributed by atoms with Crippen LogP contribution in [0.1, 0.15) is 31.4 Å². The number of nitrogens with one attached hydrogen (secondary N) is 2. The Morgan fingerprint density at radius 1 is 1.06 bits per heavy atom. The van der Waals surface area contributed by atoms with Gasteiger partial charge in [0.05, 0.1) is 11.3 Å². The van der Waals surface area contributed by atoms with E-state index in [9.17, 15) is 4.79 Å². The maximum atomic E-state index is 12.3. The van der Waals surface area contributed by atoms with Gasteiger partial charge in [0, 0.05) is 43.5 Å². The van der Waals surface area contributed by atoms with Crippen LogP contribution in [0.25, 0.3) is 10.9 Å². The predicted molar refractivity (Wildman–Crippen MR) is 129 cm³/mol. The van der Waals surface area contributed by atoms with Gasteiger partial charge in [-0.25, -0.2) is 15.0 Å². The van der Waals surface area contributed by atoms with Crippen LogP contribution in [0.4, 0.5) is 11.8 Å². The highest BCUT2D eigenvalue weighted by Gasteiger charge is 2.23. The first-order valence-electron chi connectivity index (χ1n) is 10.9. The summed E-state index contributed by atoms with van der Waals surface area (Å²) < 4.78 is 0. The second-order valence-corrected chi connectivity index (χ2v) is 9.25. The predicted octanol–water partition coefficient (Wildman–Crippen LogP) is 3.43. The Bertz CT molecular complexity index is 1080. The van der Waals surface area contributed by atoms with Gasteiger partial charge in [-0.1, -0.05) is 23.9 Å². The Labute approximate surface area is 192 Å². The van der Waals surface area contributed by atoms with Crippen molar-refractivity contribution in [3.05, 3.63) is 42.2 Å². The molecule has 1 aromatic carbocycles. The molecule has 2 heterocycles. The van der Waals surface area contributed by atoms with Gasteiger partial charge in [-0.15, -0.1) is 0 Å². The van der Waals surface area contributed by atoms with Crippen LogP contribution >= 0.6 is 11.8 Å². The molecule has 1 saturated carbocycles. The molecule has 2 N–H and O–H groups in total. The average Bonchev–Trinajstić information content (AvgIpc) is 2.78. The fraction of sp³-hybridized carbons (Fsp3) is 0.435. The summed E-state index contributed by atoms with van der Waals surface area (Å²) in [4.78, 5) is 32.3. The van der Waals surface area contributed by atoms with Crippen molar-refractivity contribution < 1.29 is 4.79 Å². The maximum Gasteiger partial charge on any atom is 0.230 e. The van der Waals surface area contributed by atoms with Crippen LogP contribution in [0.2, 0.25) is 0 Å². The van der Waals surface area contributed by atoms with Crippen molar-refractivity contribution in [2.45, 2.75) is 49.8 Å². The zero-order chi connectivity index (χ0) is 22.5. The minimum absolute atomic E-state index is 0.0324. The van der Waals surface area contributed by atoms with Gasteiger partial charge >= 0.3 is 0 Å². The molecule has 1 aliphatic carbocycles.